The molecule has 1 aliphatic heterocycles. The highest BCUT2D eigenvalue weighted by molar-refractivity contribution is 6.06. The van der Waals surface area contributed by atoms with E-state index in [1.165, 1.54) is 12.2 Å². The van der Waals surface area contributed by atoms with Crippen LogP contribution in [0.1, 0.15) is 0 Å². The van der Waals surface area contributed by atoms with Crippen LogP contribution in [0.25, 0.3) is 0 Å². The molecule has 0 saturated carbocycles. The lowest BCUT2D eigenvalue weighted by molar-refractivity contribution is 0.106. The molecule has 2 N–H and O–H groups in total. The molecule has 0 aromatic heterocycles. The zero-order valence-electron chi connectivity index (χ0n) is 7.10. The zero-order valence-corrected chi connectivity index (χ0v) is 7.10. The summed E-state index contributed by atoms with van der Waals surface area (Å²) in [4.78, 5) is 0. The van der Waals surface area contributed by atoms with Crippen molar-refractivity contribution < 1.29 is 15.1 Å². The summed E-state index contributed by atoms with van der Waals surface area (Å²) < 4.78 is 5.12. The summed E-state index contributed by atoms with van der Waals surface area (Å²) in [5.41, 5.74) is 0.632. The molecule has 0 fully saturated rings. The van der Waals surface area contributed by atoms with Crippen LogP contribution in [-0.4, -0.2) is 28.7 Å². The van der Waals surface area contributed by atoms with E-state index in [0.29, 0.717) is 11.3 Å². The summed E-state index contributed by atoms with van der Waals surface area (Å²) >= 11 is 0. The molecular formula is C9H11NO3. The van der Waals surface area contributed by atoms with Crippen LogP contribution in [0.4, 0.5) is 0 Å². The highest BCUT2D eigenvalue weighted by Crippen LogP contribution is 2.18. The first-order chi connectivity index (χ1) is 6.24. The van der Waals surface area contributed by atoms with Crippen LogP contribution in [0.5, 0.6) is 0 Å². The van der Waals surface area contributed by atoms with Gasteiger partial charge < -0.3 is 15.1 Å². The van der Waals surface area contributed by atoms with Gasteiger partial charge in [-0.25, -0.2) is 0 Å². The molecule has 1 rings (SSSR count). The predicted octanol–water partition coefficient (Wildman–Crippen LogP) is 0.834. The Morgan fingerprint density at radius 3 is 2.62 bits per heavy atom. The van der Waals surface area contributed by atoms with Crippen molar-refractivity contribution in [1.29, 1.82) is 0 Å². The summed E-state index contributed by atoms with van der Waals surface area (Å²) in [6.07, 6.45) is 2.02. The van der Waals surface area contributed by atoms with E-state index >= 15 is 0 Å². The standard InChI is InChI=1S/C9H11NO3/c1-3-6-8(4-2)13-5-7(11)9(6)10-12/h3-4,7,11-12H,1-2,5H2/b10-9-. The van der Waals surface area contributed by atoms with E-state index in [9.17, 15) is 5.11 Å². The van der Waals surface area contributed by atoms with Crippen LogP contribution in [0.2, 0.25) is 0 Å². The first-order valence-corrected chi connectivity index (χ1v) is 3.77. The average molecular weight is 181 g/mol. The Balaban J connectivity index is 3.17. The van der Waals surface area contributed by atoms with Crippen molar-refractivity contribution in [2.75, 3.05) is 6.61 Å². The van der Waals surface area contributed by atoms with Gasteiger partial charge in [0.2, 0.25) is 0 Å². The molecule has 70 valence electrons. The minimum absolute atomic E-state index is 0.0675. The lowest BCUT2D eigenvalue weighted by Gasteiger charge is -2.22. The van der Waals surface area contributed by atoms with Gasteiger partial charge in [-0.2, -0.15) is 0 Å². The maximum atomic E-state index is 9.35. The van der Waals surface area contributed by atoms with Crippen molar-refractivity contribution >= 4 is 5.71 Å². The third kappa shape index (κ3) is 1.62. The number of hydrogen-bond acceptors (Lipinski definition) is 4. The first kappa shape index (κ1) is 9.54. The number of rotatable bonds is 2. The van der Waals surface area contributed by atoms with Crippen LogP contribution >= 0.6 is 0 Å². The summed E-state index contributed by atoms with van der Waals surface area (Å²) in [5, 5.41) is 21.0. The molecule has 0 spiro atoms. The van der Waals surface area contributed by atoms with Gasteiger partial charge in [-0.15, -0.1) is 0 Å². The number of ether oxygens (including phenoxy) is 1. The Hall–Kier alpha value is -1.55. The highest BCUT2D eigenvalue weighted by Gasteiger charge is 2.25. The molecule has 0 saturated heterocycles. The molecule has 0 aromatic rings. The Morgan fingerprint density at radius 1 is 1.46 bits per heavy atom. The summed E-state index contributed by atoms with van der Waals surface area (Å²) in [5.74, 6) is 0.466. The van der Waals surface area contributed by atoms with Gasteiger partial charge in [-0.1, -0.05) is 24.4 Å². The van der Waals surface area contributed by atoms with E-state index in [1.807, 2.05) is 0 Å². The van der Waals surface area contributed by atoms with Crippen molar-refractivity contribution in [3.05, 3.63) is 36.6 Å². The topological polar surface area (TPSA) is 62.1 Å². The number of aliphatic hydroxyl groups is 1. The maximum absolute atomic E-state index is 9.35. The monoisotopic (exact) mass is 181 g/mol. The second-order valence-corrected chi connectivity index (χ2v) is 2.50. The summed E-state index contributed by atoms with van der Waals surface area (Å²) in [6, 6.07) is 0. The fourth-order valence-electron chi connectivity index (χ4n) is 1.13. The average Bonchev–Trinajstić information content (AvgIpc) is 2.17. The number of nitrogens with zero attached hydrogens (tertiary/aromatic N) is 1. The first-order valence-electron chi connectivity index (χ1n) is 3.77. The normalized spacial score (nSPS) is 25.6. The second-order valence-electron chi connectivity index (χ2n) is 2.50. The maximum Gasteiger partial charge on any atom is 0.134 e. The fourth-order valence-corrected chi connectivity index (χ4v) is 1.13. The Morgan fingerprint density at radius 2 is 2.15 bits per heavy atom. The van der Waals surface area contributed by atoms with Crippen molar-refractivity contribution in [3.8, 4) is 0 Å². The van der Waals surface area contributed by atoms with Crippen LogP contribution in [-0.2, 0) is 4.74 Å². The number of allylic oxidation sites excluding steroid dienone is 2. The van der Waals surface area contributed by atoms with E-state index < -0.39 is 6.10 Å². The molecule has 0 bridgehead atoms. The third-order valence-electron chi connectivity index (χ3n) is 1.75. The van der Waals surface area contributed by atoms with Gasteiger partial charge in [-0.05, 0) is 6.08 Å². The largest absolute Gasteiger partial charge is 0.490 e. The number of oxime groups is 1. The minimum atomic E-state index is -0.915. The van der Waals surface area contributed by atoms with Crippen LogP contribution in [0.15, 0.2) is 41.8 Å². The number of aliphatic hydroxyl groups excluding tert-OH is 1. The molecule has 13 heavy (non-hydrogen) atoms. The Bertz CT molecular complexity index is 291. The molecule has 1 atom stereocenters. The van der Waals surface area contributed by atoms with Crippen LogP contribution in [0, 0.1) is 0 Å². The molecule has 0 amide bonds. The van der Waals surface area contributed by atoms with E-state index in [-0.39, 0.29) is 12.3 Å². The Kier molecular flexibility index (Phi) is 2.87. The van der Waals surface area contributed by atoms with Crippen molar-refractivity contribution in [1.82, 2.24) is 0 Å². The molecule has 0 radical (unpaired) electrons. The highest BCUT2D eigenvalue weighted by atomic mass is 16.5. The van der Waals surface area contributed by atoms with Crippen LogP contribution in [0.3, 0.4) is 0 Å². The van der Waals surface area contributed by atoms with Crippen LogP contribution < -0.4 is 0 Å². The van der Waals surface area contributed by atoms with Gasteiger partial charge in [0.1, 0.15) is 24.2 Å². The fraction of sp³-hybridized carbons (Fsp3) is 0.222. The molecule has 1 unspecified atom stereocenters. The van der Waals surface area contributed by atoms with Gasteiger partial charge in [0.25, 0.3) is 0 Å². The number of hydrogen-bond donors (Lipinski definition) is 2. The second kappa shape index (κ2) is 3.91. The third-order valence-corrected chi connectivity index (χ3v) is 1.75. The lowest BCUT2D eigenvalue weighted by atomic mass is 10.0. The molecule has 1 heterocycles. The van der Waals surface area contributed by atoms with E-state index in [0.717, 1.165) is 0 Å². The van der Waals surface area contributed by atoms with Gasteiger partial charge in [0.15, 0.2) is 0 Å². The van der Waals surface area contributed by atoms with Gasteiger partial charge in [-0.3, -0.25) is 0 Å². The molecule has 4 heteroatoms. The molecular weight excluding hydrogens is 170 g/mol. The summed E-state index contributed by atoms with van der Waals surface area (Å²) in [7, 11) is 0. The van der Waals surface area contributed by atoms with Gasteiger partial charge in [0, 0.05) is 5.57 Å². The molecule has 1 aliphatic rings. The van der Waals surface area contributed by atoms with Gasteiger partial charge >= 0.3 is 0 Å². The molecule has 4 nitrogen and oxygen atoms in total. The molecule has 0 aliphatic carbocycles. The van der Waals surface area contributed by atoms with Gasteiger partial charge in [0.05, 0.1) is 0 Å². The van der Waals surface area contributed by atoms with Crippen molar-refractivity contribution in [3.63, 3.8) is 0 Å². The van der Waals surface area contributed by atoms with Crippen molar-refractivity contribution in [2.24, 2.45) is 5.16 Å². The minimum Gasteiger partial charge on any atom is -0.490 e. The SMILES string of the molecule is C=CC1=C(C=C)/C(=N/O)C(O)CO1. The zero-order chi connectivity index (χ0) is 9.84. The van der Waals surface area contributed by atoms with Crippen molar-refractivity contribution in [2.45, 2.75) is 6.10 Å². The van der Waals surface area contributed by atoms with E-state index in [4.69, 9.17) is 9.94 Å². The van der Waals surface area contributed by atoms with E-state index in [1.54, 1.807) is 0 Å². The molecule has 0 aromatic carbocycles. The lowest BCUT2D eigenvalue weighted by Crippen LogP contribution is -2.32. The predicted molar refractivity (Wildman–Crippen MR) is 48.6 cm³/mol. The quantitative estimate of drug-likeness (QED) is 0.490. The summed E-state index contributed by atoms with van der Waals surface area (Å²) in [6.45, 7) is 7.12. The Labute approximate surface area is 76.1 Å². The van der Waals surface area contributed by atoms with E-state index in [2.05, 4.69) is 18.3 Å². The smallest absolute Gasteiger partial charge is 0.134 e.